The van der Waals surface area contributed by atoms with Crippen molar-refractivity contribution in [2.24, 2.45) is 0 Å². The third-order valence-corrected chi connectivity index (χ3v) is 5.73. The van der Waals surface area contributed by atoms with E-state index in [1.807, 2.05) is 0 Å². The fourth-order valence-electron chi connectivity index (χ4n) is 3.06. The maximum Gasteiger partial charge on any atom is 0.299 e. The summed E-state index contributed by atoms with van der Waals surface area (Å²) in [7, 11) is 2.12. The van der Waals surface area contributed by atoms with E-state index < -0.39 is 16.0 Å². The largest absolute Gasteiger partial charge is 0.493 e. The summed E-state index contributed by atoms with van der Waals surface area (Å²) in [6.07, 6.45) is 1.00. The van der Waals surface area contributed by atoms with Gasteiger partial charge in [0, 0.05) is 37.2 Å². The zero-order valence-electron chi connectivity index (χ0n) is 20.1. The highest BCUT2D eigenvalue weighted by Gasteiger charge is 2.15. The van der Waals surface area contributed by atoms with Crippen LogP contribution in [0.5, 0.6) is 17.2 Å². The van der Waals surface area contributed by atoms with Gasteiger partial charge in [-0.1, -0.05) is 6.07 Å². The molecule has 0 unspecified atom stereocenters. The van der Waals surface area contributed by atoms with Gasteiger partial charge in [0.2, 0.25) is 11.7 Å². The Labute approximate surface area is 208 Å². The standard InChI is InChI=1S/C22H27FN6O6S/c1-32-9-8-25-36(30,31)29-15-7-5-6-14(10-15)26-21-17(23)13-24-22(28-21)27-16-11-18(33-2)20(35-4)19(12-16)34-3/h5-7,10-13,25,29H,8-9H2,1-4H3,(H2,24,26,27,28). The van der Waals surface area contributed by atoms with Gasteiger partial charge in [0.05, 0.1) is 39.8 Å². The first-order chi connectivity index (χ1) is 17.3. The molecule has 1 heterocycles. The second kappa shape index (κ2) is 12.2. The fraction of sp³-hybridized carbons (Fsp3) is 0.273. The summed E-state index contributed by atoms with van der Waals surface area (Å²) in [5.41, 5.74) is 1.16. The predicted molar refractivity (Wildman–Crippen MR) is 134 cm³/mol. The van der Waals surface area contributed by atoms with Crippen molar-refractivity contribution < 1.29 is 31.8 Å². The van der Waals surface area contributed by atoms with Crippen molar-refractivity contribution in [3.05, 3.63) is 48.4 Å². The van der Waals surface area contributed by atoms with E-state index in [9.17, 15) is 12.8 Å². The van der Waals surface area contributed by atoms with Gasteiger partial charge < -0.3 is 29.6 Å². The Kier molecular flexibility index (Phi) is 9.05. The number of nitrogens with zero attached hydrogens (tertiary/aromatic N) is 2. The first-order valence-corrected chi connectivity index (χ1v) is 12.0. The summed E-state index contributed by atoms with van der Waals surface area (Å²) in [4.78, 5) is 8.16. The maximum atomic E-state index is 14.5. The second-order valence-corrected chi connectivity index (χ2v) is 8.63. The lowest BCUT2D eigenvalue weighted by atomic mass is 10.2. The van der Waals surface area contributed by atoms with Crippen molar-refractivity contribution in [1.29, 1.82) is 0 Å². The summed E-state index contributed by atoms with van der Waals surface area (Å²) >= 11 is 0. The van der Waals surface area contributed by atoms with Gasteiger partial charge in [0.15, 0.2) is 23.1 Å². The van der Waals surface area contributed by atoms with E-state index in [0.29, 0.717) is 28.6 Å². The van der Waals surface area contributed by atoms with E-state index in [-0.39, 0.29) is 30.6 Å². The summed E-state index contributed by atoms with van der Waals surface area (Å²) in [6, 6.07) is 9.57. The molecule has 0 spiro atoms. The number of benzene rings is 2. The number of hydrogen-bond donors (Lipinski definition) is 4. The highest BCUT2D eigenvalue weighted by molar-refractivity contribution is 7.90. The third-order valence-electron chi connectivity index (χ3n) is 4.64. The quantitative estimate of drug-likeness (QED) is 0.247. The SMILES string of the molecule is COCCNS(=O)(=O)Nc1cccc(Nc2nc(Nc3cc(OC)c(OC)c(OC)c3)ncc2F)c1. The van der Waals surface area contributed by atoms with E-state index in [0.717, 1.165) is 6.20 Å². The van der Waals surface area contributed by atoms with Gasteiger partial charge >= 0.3 is 0 Å². The zero-order valence-corrected chi connectivity index (χ0v) is 20.9. The average Bonchev–Trinajstić information content (AvgIpc) is 2.85. The van der Waals surface area contributed by atoms with Gasteiger partial charge in [0.1, 0.15) is 0 Å². The van der Waals surface area contributed by atoms with Crippen molar-refractivity contribution in [3.63, 3.8) is 0 Å². The Morgan fingerprint density at radius 1 is 0.917 bits per heavy atom. The second-order valence-electron chi connectivity index (χ2n) is 7.13. The molecule has 3 rings (SSSR count). The van der Waals surface area contributed by atoms with Gasteiger partial charge in [0.25, 0.3) is 10.2 Å². The van der Waals surface area contributed by atoms with Crippen LogP contribution in [0.3, 0.4) is 0 Å². The molecule has 0 saturated heterocycles. The number of hydrogen-bond acceptors (Lipinski definition) is 10. The molecule has 0 atom stereocenters. The van der Waals surface area contributed by atoms with Crippen LogP contribution in [0.4, 0.5) is 33.2 Å². The molecule has 12 nitrogen and oxygen atoms in total. The minimum Gasteiger partial charge on any atom is -0.493 e. The Bertz CT molecular complexity index is 1270. The molecule has 0 aliphatic carbocycles. The number of methoxy groups -OCH3 is 4. The Morgan fingerprint density at radius 3 is 2.25 bits per heavy atom. The van der Waals surface area contributed by atoms with Crippen LogP contribution in [0.2, 0.25) is 0 Å². The molecular weight excluding hydrogens is 495 g/mol. The van der Waals surface area contributed by atoms with Crippen molar-refractivity contribution >= 4 is 39.0 Å². The highest BCUT2D eigenvalue weighted by Crippen LogP contribution is 2.40. The van der Waals surface area contributed by atoms with Crippen LogP contribution < -0.4 is 34.3 Å². The first-order valence-electron chi connectivity index (χ1n) is 10.5. The first kappa shape index (κ1) is 26.7. The van der Waals surface area contributed by atoms with Crippen LogP contribution in [-0.4, -0.2) is 60.0 Å². The van der Waals surface area contributed by atoms with Gasteiger partial charge in [-0.2, -0.15) is 18.1 Å². The topological polar surface area (TPSA) is 145 Å². The summed E-state index contributed by atoms with van der Waals surface area (Å²) < 4.78 is 64.3. The van der Waals surface area contributed by atoms with Crippen LogP contribution >= 0.6 is 0 Å². The Balaban J connectivity index is 1.78. The smallest absolute Gasteiger partial charge is 0.299 e. The Morgan fingerprint density at radius 2 is 1.61 bits per heavy atom. The molecule has 0 bridgehead atoms. The molecule has 0 aliphatic heterocycles. The molecule has 0 fully saturated rings. The molecule has 2 aromatic carbocycles. The van der Waals surface area contributed by atoms with E-state index in [4.69, 9.17) is 18.9 Å². The molecule has 14 heteroatoms. The van der Waals surface area contributed by atoms with Crippen LogP contribution in [0.1, 0.15) is 0 Å². The zero-order chi connectivity index (χ0) is 26.1. The molecule has 36 heavy (non-hydrogen) atoms. The van der Waals surface area contributed by atoms with Crippen LogP contribution in [0.15, 0.2) is 42.6 Å². The monoisotopic (exact) mass is 522 g/mol. The molecule has 1 aromatic heterocycles. The van der Waals surface area contributed by atoms with Crippen LogP contribution in [0, 0.1) is 5.82 Å². The number of ether oxygens (including phenoxy) is 4. The van der Waals surface area contributed by atoms with Crippen molar-refractivity contribution in [1.82, 2.24) is 14.7 Å². The van der Waals surface area contributed by atoms with Crippen LogP contribution in [-0.2, 0) is 14.9 Å². The number of rotatable bonds is 13. The molecule has 0 aliphatic rings. The lowest BCUT2D eigenvalue weighted by Gasteiger charge is -2.15. The van der Waals surface area contributed by atoms with Gasteiger partial charge in [-0.05, 0) is 18.2 Å². The van der Waals surface area contributed by atoms with Crippen LogP contribution in [0.25, 0.3) is 0 Å². The molecule has 3 aromatic rings. The van der Waals surface area contributed by atoms with Gasteiger partial charge in [-0.25, -0.2) is 9.37 Å². The van der Waals surface area contributed by atoms with Crippen molar-refractivity contribution in [2.75, 3.05) is 56.9 Å². The van der Waals surface area contributed by atoms with Gasteiger partial charge in [-0.15, -0.1) is 0 Å². The third kappa shape index (κ3) is 7.07. The van der Waals surface area contributed by atoms with Gasteiger partial charge in [-0.3, -0.25) is 4.72 Å². The predicted octanol–water partition coefficient (Wildman–Crippen LogP) is 3.02. The number of aromatic nitrogens is 2. The minimum absolute atomic E-state index is 0.0902. The molecule has 0 amide bonds. The van der Waals surface area contributed by atoms with Crippen molar-refractivity contribution in [2.45, 2.75) is 0 Å². The van der Waals surface area contributed by atoms with Crippen molar-refractivity contribution in [3.8, 4) is 17.2 Å². The maximum absolute atomic E-state index is 14.5. The summed E-state index contributed by atoms with van der Waals surface area (Å²) in [5.74, 6) is 0.493. The molecule has 0 radical (unpaired) electrons. The fourth-order valence-corrected chi connectivity index (χ4v) is 3.93. The van der Waals surface area contributed by atoms with E-state index in [2.05, 4.69) is 30.0 Å². The Hall–Kier alpha value is -3.88. The molecule has 0 saturated carbocycles. The molecular formula is C22H27FN6O6S. The molecule has 194 valence electrons. The summed E-state index contributed by atoms with van der Waals surface area (Å²) in [5, 5.41) is 5.80. The van der Waals surface area contributed by atoms with E-state index in [1.54, 1.807) is 30.3 Å². The normalized spacial score (nSPS) is 11.0. The highest BCUT2D eigenvalue weighted by atomic mass is 32.2. The lowest BCUT2D eigenvalue weighted by molar-refractivity contribution is 0.204. The average molecular weight is 523 g/mol. The lowest BCUT2D eigenvalue weighted by Crippen LogP contribution is -2.32. The number of anilines is 5. The number of nitrogens with one attached hydrogen (secondary N) is 4. The van der Waals surface area contributed by atoms with E-state index in [1.165, 1.54) is 34.5 Å². The van der Waals surface area contributed by atoms with E-state index >= 15 is 0 Å². The minimum atomic E-state index is -3.81. The number of halogens is 1. The summed E-state index contributed by atoms with van der Waals surface area (Å²) in [6.45, 7) is 0.333. The molecule has 4 N–H and O–H groups in total.